The fraction of sp³-hybridized carbons (Fsp3) is 0.0500. The number of nitrogens with zero attached hydrogens (tertiary/aromatic N) is 4. The van der Waals surface area contributed by atoms with Crippen molar-refractivity contribution in [1.29, 1.82) is 0 Å². The van der Waals surface area contributed by atoms with Crippen molar-refractivity contribution in [2.75, 3.05) is 11.9 Å². The molecule has 3 aromatic rings. The third kappa shape index (κ3) is 5.54. The average Bonchev–Trinajstić information content (AvgIpc) is 3.11. The van der Waals surface area contributed by atoms with Crippen molar-refractivity contribution in [3.8, 4) is 11.4 Å². The van der Waals surface area contributed by atoms with Crippen molar-refractivity contribution in [2.24, 2.45) is 0 Å². The maximum absolute atomic E-state index is 4.19. The number of hydrogen-bond donors (Lipinski definition) is 0. The molecule has 0 bridgehead atoms. The maximum atomic E-state index is 4.19. The van der Waals surface area contributed by atoms with E-state index in [9.17, 15) is 0 Å². The summed E-state index contributed by atoms with van der Waals surface area (Å²) >= 11 is 0. The molecule has 128 valence electrons. The van der Waals surface area contributed by atoms with E-state index in [-0.39, 0.29) is 21.1 Å². The first kappa shape index (κ1) is 18.9. The first-order chi connectivity index (χ1) is 11.8. The smallest absolute Gasteiger partial charge is 0.510 e. The Kier molecular flexibility index (Phi) is 7.36. The molecule has 0 amide bonds. The van der Waals surface area contributed by atoms with Gasteiger partial charge in [-0.3, -0.25) is 9.97 Å². The van der Waals surface area contributed by atoms with Crippen LogP contribution in [0.4, 0.5) is 5.69 Å². The molecule has 4 rings (SSSR count). The molecule has 0 saturated heterocycles. The molecule has 0 fully saturated rings. The number of pyridine rings is 2. The molecule has 4 nitrogen and oxygen atoms in total. The third-order valence-electron chi connectivity index (χ3n) is 3.33. The molecular formula is C20H18N4Pt. The predicted octanol–water partition coefficient (Wildman–Crippen LogP) is 3.97. The maximum Gasteiger partial charge on any atom is 2.00 e. The van der Waals surface area contributed by atoms with Gasteiger partial charge in [-0.25, -0.2) is 0 Å². The van der Waals surface area contributed by atoms with Crippen molar-refractivity contribution in [3.05, 3.63) is 98.2 Å². The van der Waals surface area contributed by atoms with Crippen molar-refractivity contribution in [3.63, 3.8) is 0 Å². The Morgan fingerprint density at radius 3 is 1.92 bits per heavy atom. The molecule has 0 radical (unpaired) electrons. The van der Waals surface area contributed by atoms with Crippen LogP contribution in [-0.2, 0) is 21.1 Å². The number of rotatable bonds is 2. The Labute approximate surface area is 163 Å². The molecule has 1 aliphatic rings. The molecular weight excluding hydrogens is 491 g/mol. The number of anilines is 1. The van der Waals surface area contributed by atoms with Crippen LogP contribution in [0.2, 0.25) is 0 Å². The predicted molar refractivity (Wildman–Crippen MR) is 96.4 cm³/mol. The summed E-state index contributed by atoms with van der Waals surface area (Å²) < 4.78 is 0. The number of benzene rings is 1. The summed E-state index contributed by atoms with van der Waals surface area (Å²) in [7, 11) is 2.00. The second kappa shape index (κ2) is 9.75. The molecule has 0 aliphatic carbocycles. The van der Waals surface area contributed by atoms with Gasteiger partial charge in [-0.15, -0.1) is 5.69 Å². The van der Waals surface area contributed by atoms with Crippen LogP contribution < -0.4 is 4.90 Å². The second-order valence-corrected chi connectivity index (χ2v) is 5.16. The van der Waals surface area contributed by atoms with Gasteiger partial charge in [0.1, 0.15) is 0 Å². The monoisotopic (exact) mass is 509 g/mol. The molecule has 0 spiro atoms. The van der Waals surface area contributed by atoms with Crippen LogP contribution in [0.15, 0.2) is 85.5 Å². The van der Waals surface area contributed by atoms with Crippen molar-refractivity contribution in [1.82, 2.24) is 14.9 Å². The first-order valence-corrected chi connectivity index (χ1v) is 7.66. The van der Waals surface area contributed by atoms with E-state index in [2.05, 4.69) is 16.0 Å². The number of aromatic nitrogens is 2. The minimum absolute atomic E-state index is 0. The van der Waals surface area contributed by atoms with Crippen molar-refractivity contribution >= 4 is 5.69 Å². The summed E-state index contributed by atoms with van der Waals surface area (Å²) in [4.78, 5) is 12.4. The number of para-hydroxylation sites is 1. The first-order valence-electron chi connectivity index (χ1n) is 7.66. The van der Waals surface area contributed by atoms with Gasteiger partial charge in [0.25, 0.3) is 0 Å². The summed E-state index contributed by atoms with van der Waals surface area (Å²) in [5.74, 6) is 0. The SMILES string of the molecule is CN1C=CN(c2[c-]cccc2)[CH-]1.[Pt+2].c1ccc(-c2ccccn2)nc1. The Morgan fingerprint density at radius 2 is 1.48 bits per heavy atom. The van der Waals surface area contributed by atoms with Gasteiger partial charge in [0.05, 0.1) is 11.4 Å². The molecule has 0 saturated carbocycles. The molecule has 5 heteroatoms. The molecule has 0 atom stereocenters. The van der Waals surface area contributed by atoms with Gasteiger partial charge in [-0.05, 0) is 43.7 Å². The molecule has 25 heavy (non-hydrogen) atoms. The van der Waals surface area contributed by atoms with E-state index in [0.717, 1.165) is 17.1 Å². The van der Waals surface area contributed by atoms with Crippen LogP contribution in [0.1, 0.15) is 0 Å². The third-order valence-corrected chi connectivity index (χ3v) is 3.33. The summed E-state index contributed by atoms with van der Waals surface area (Å²) in [6.45, 7) is 2.01. The van der Waals surface area contributed by atoms with Gasteiger partial charge in [0.2, 0.25) is 0 Å². The Hall–Kier alpha value is -2.45. The molecule has 2 aromatic heterocycles. The van der Waals surface area contributed by atoms with E-state index in [1.54, 1.807) is 12.4 Å². The topological polar surface area (TPSA) is 32.3 Å². The van der Waals surface area contributed by atoms with E-state index >= 15 is 0 Å². The zero-order valence-electron chi connectivity index (χ0n) is 13.8. The molecule has 0 N–H and O–H groups in total. The zero-order chi connectivity index (χ0) is 16.6. The minimum atomic E-state index is 0. The largest absolute Gasteiger partial charge is 2.00 e. The summed E-state index contributed by atoms with van der Waals surface area (Å²) in [6, 6.07) is 22.7. The van der Waals surface area contributed by atoms with Crippen LogP contribution in [0.5, 0.6) is 0 Å². The van der Waals surface area contributed by atoms with Crippen LogP contribution >= 0.6 is 0 Å². The molecule has 0 unspecified atom stereocenters. The fourth-order valence-electron chi connectivity index (χ4n) is 2.17. The van der Waals surface area contributed by atoms with Crippen LogP contribution in [0, 0.1) is 12.7 Å². The standard InChI is InChI=1S/C10H10N2.C10H8N2.Pt/c1-11-7-8-12(9-11)10-5-3-2-4-6-10;1-3-7-11-9(5-1)10-6-2-4-8-12-10;/h2-5,7-9H,1H3;1-8H;/q-2;;+2. The normalized spacial score (nSPS) is 12.2. The fourth-order valence-corrected chi connectivity index (χ4v) is 2.17. The average molecular weight is 509 g/mol. The zero-order valence-corrected chi connectivity index (χ0v) is 16.0. The summed E-state index contributed by atoms with van der Waals surface area (Å²) in [6.07, 6.45) is 7.54. The van der Waals surface area contributed by atoms with Gasteiger partial charge in [-0.2, -0.15) is 37.0 Å². The van der Waals surface area contributed by atoms with E-state index in [1.165, 1.54) is 0 Å². The van der Waals surface area contributed by atoms with Gasteiger partial charge in [0, 0.05) is 12.4 Å². The van der Waals surface area contributed by atoms with Crippen molar-refractivity contribution in [2.45, 2.75) is 0 Å². The van der Waals surface area contributed by atoms with E-state index in [4.69, 9.17) is 0 Å². The quantitative estimate of drug-likeness (QED) is 0.490. The Balaban J connectivity index is 0.000000173. The van der Waals surface area contributed by atoms with E-state index in [1.807, 2.05) is 96.6 Å². The van der Waals surface area contributed by atoms with Gasteiger partial charge >= 0.3 is 21.1 Å². The van der Waals surface area contributed by atoms with Crippen molar-refractivity contribution < 1.29 is 21.1 Å². The summed E-state index contributed by atoms with van der Waals surface area (Å²) in [5.41, 5.74) is 2.90. The van der Waals surface area contributed by atoms with E-state index < -0.39 is 0 Å². The van der Waals surface area contributed by atoms with Crippen LogP contribution in [-0.4, -0.2) is 21.9 Å². The Morgan fingerprint density at radius 1 is 0.840 bits per heavy atom. The van der Waals surface area contributed by atoms with E-state index in [0.29, 0.717) is 0 Å². The molecule has 3 heterocycles. The Bertz CT molecular complexity index is 726. The molecule has 1 aliphatic heterocycles. The van der Waals surface area contributed by atoms with Crippen LogP contribution in [0.3, 0.4) is 0 Å². The second-order valence-electron chi connectivity index (χ2n) is 5.16. The van der Waals surface area contributed by atoms with Gasteiger partial charge in [-0.1, -0.05) is 12.1 Å². The molecule has 1 aromatic carbocycles. The van der Waals surface area contributed by atoms with Crippen LogP contribution in [0.25, 0.3) is 11.4 Å². The number of hydrogen-bond acceptors (Lipinski definition) is 4. The van der Waals surface area contributed by atoms with Gasteiger partial charge < -0.3 is 9.80 Å². The minimum Gasteiger partial charge on any atom is -0.510 e. The summed E-state index contributed by atoms with van der Waals surface area (Å²) in [5, 5.41) is 0. The van der Waals surface area contributed by atoms with Gasteiger partial charge in [0.15, 0.2) is 0 Å².